The Bertz CT molecular complexity index is 602. The molecule has 2 saturated heterocycles. The normalized spacial score (nSPS) is 24.0. The second kappa shape index (κ2) is 7.99. The number of carbonyl (C=O) groups is 2. The molecule has 2 aliphatic rings. The number of hydrogen-bond acceptors (Lipinski definition) is 3. The van der Waals surface area contributed by atoms with Crippen LogP contribution < -0.4 is 10.6 Å². The van der Waals surface area contributed by atoms with E-state index in [-0.39, 0.29) is 17.9 Å². The van der Waals surface area contributed by atoms with Crippen molar-refractivity contribution in [1.82, 2.24) is 15.5 Å². The van der Waals surface area contributed by atoms with E-state index in [4.69, 9.17) is 11.6 Å². The number of benzene rings is 1. The topological polar surface area (TPSA) is 61.4 Å². The smallest absolute Gasteiger partial charge is 0.253 e. The highest BCUT2D eigenvalue weighted by molar-refractivity contribution is 6.30. The van der Waals surface area contributed by atoms with Crippen molar-refractivity contribution in [3.8, 4) is 0 Å². The average Bonchev–Trinajstić information content (AvgIpc) is 3.14. The van der Waals surface area contributed by atoms with Crippen LogP contribution in [0.3, 0.4) is 0 Å². The second-order valence-electron chi connectivity index (χ2n) is 6.66. The van der Waals surface area contributed by atoms with Crippen LogP contribution in [0, 0.1) is 5.92 Å². The Morgan fingerprint density at radius 3 is 2.92 bits per heavy atom. The first-order valence-corrected chi connectivity index (χ1v) is 9.07. The van der Waals surface area contributed by atoms with Crippen molar-refractivity contribution in [3.63, 3.8) is 0 Å². The van der Waals surface area contributed by atoms with Crippen LogP contribution in [0.15, 0.2) is 24.3 Å². The summed E-state index contributed by atoms with van der Waals surface area (Å²) >= 11 is 5.98. The van der Waals surface area contributed by atoms with E-state index in [2.05, 4.69) is 10.6 Å². The van der Waals surface area contributed by atoms with Gasteiger partial charge >= 0.3 is 0 Å². The van der Waals surface area contributed by atoms with Gasteiger partial charge in [-0.1, -0.05) is 17.7 Å². The molecule has 0 aliphatic carbocycles. The maximum atomic E-state index is 12.6. The molecular formula is C18H24ClN3O2. The van der Waals surface area contributed by atoms with Gasteiger partial charge in [-0.3, -0.25) is 9.59 Å². The van der Waals surface area contributed by atoms with Gasteiger partial charge in [-0.15, -0.1) is 0 Å². The fourth-order valence-electron chi connectivity index (χ4n) is 3.50. The third-order valence-electron chi connectivity index (χ3n) is 4.82. The van der Waals surface area contributed by atoms with Crippen LogP contribution in [-0.2, 0) is 4.79 Å². The molecule has 2 aliphatic heterocycles. The van der Waals surface area contributed by atoms with E-state index >= 15 is 0 Å². The van der Waals surface area contributed by atoms with E-state index in [0.717, 1.165) is 38.8 Å². The Labute approximate surface area is 147 Å². The fraction of sp³-hybridized carbons (Fsp3) is 0.556. The number of hydrogen-bond donors (Lipinski definition) is 2. The monoisotopic (exact) mass is 349 g/mol. The summed E-state index contributed by atoms with van der Waals surface area (Å²) in [4.78, 5) is 26.6. The highest BCUT2D eigenvalue weighted by Gasteiger charge is 2.26. The van der Waals surface area contributed by atoms with E-state index in [9.17, 15) is 9.59 Å². The maximum absolute atomic E-state index is 12.6. The molecule has 2 atom stereocenters. The summed E-state index contributed by atoms with van der Waals surface area (Å²) in [5, 5.41) is 6.83. The van der Waals surface area contributed by atoms with Crippen molar-refractivity contribution in [2.45, 2.75) is 31.7 Å². The Hall–Kier alpha value is -1.59. The van der Waals surface area contributed by atoms with Crippen LogP contribution >= 0.6 is 11.6 Å². The minimum atomic E-state index is -0.0437. The van der Waals surface area contributed by atoms with E-state index in [1.54, 1.807) is 24.3 Å². The largest absolute Gasteiger partial charge is 0.354 e. The lowest BCUT2D eigenvalue weighted by molar-refractivity contribution is -0.123. The third kappa shape index (κ3) is 4.28. The number of nitrogens with one attached hydrogen (secondary N) is 2. The molecule has 0 bridgehead atoms. The molecule has 3 rings (SSSR count). The lowest BCUT2D eigenvalue weighted by Crippen LogP contribution is -2.46. The van der Waals surface area contributed by atoms with Gasteiger partial charge in [0.05, 0.1) is 6.04 Å². The van der Waals surface area contributed by atoms with Crippen molar-refractivity contribution in [1.29, 1.82) is 0 Å². The Kier molecular flexibility index (Phi) is 5.74. The number of carbonyl (C=O) groups excluding carboxylic acids is 2. The van der Waals surface area contributed by atoms with Gasteiger partial charge in [0.2, 0.25) is 5.91 Å². The first-order chi connectivity index (χ1) is 11.6. The molecule has 130 valence electrons. The molecule has 0 saturated carbocycles. The quantitative estimate of drug-likeness (QED) is 0.874. The number of halogens is 1. The molecule has 1 aromatic carbocycles. The van der Waals surface area contributed by atoms with Crippen molar-refractivity contribution < 1.29 is 9.59 Å². The van der Waals surface area contributed by atoms with Gasteiger partial charge in [0.1, 0.15) is 0 Å². The van der Waals surface area contributed by atoms with Crippen molar-refractivity contribution >= 4 is 23.4 Å². The van der Waals surface area contributed by atoms with Gasteiger partial charge in [0, 0.05) is 30.2 Å². The molecule has 0 spiro atoms. The molecule has 0 radical (unpaired) electrons. The number of nitrogens with zero attached hydrogens (tertiary/aromatic N) is 1. The maximum Gasteiger partial charge on any atom is 0.253 e. The van der Waals surface area contributed by atoms with Gasteiger partial charge in [0.25, 0.3) is 5.91 Å². The SMILES string of the molecule is O=C(NCC1CCCN(C(=O)c2cccc(Cl)c2)C1)C1CCCN1. The Balaban J connectivity index is 1.52. The van der Waals surface area contributed by atoms with E-state index in [1.807, 2.05) is 4.90 Å². The molecule has 5 nitrogen and oxygen atoms in total. The molecule has 2 N–H and O–H groups in total. The molecule has 0 aromatic heterocycles. The third-order valence-corrected chi connectivity index (χ3v) is 5.05. The molecular weight excluding hydrogens is 326 g/mol. The lowest BCUT2D eigenvalue weighted by Gasteiger charge is -2.33. The molecule has 2 amide bonds. The van der Waals surface area contributed by atoms with Gasteiger partial charge in [-0.05, 0) is 56.3 Å². The molecule has 6 heteroatoms. The first-order valence-electron chi connectivity index (χ1n) is 8.69. The predicted molar refractivity (Wildman–Crippen MR) is 94.1 cm³/mol. The van der Waals surface area contributed by atoms with Crippen LogP contribution in [0.25, 0.3) is 0 Å². The van der Waals surface area contributed by atoms with Gasteiger partial charge in [-0.25, -0.2) is 0 Å². The minimum Gasteiger partial charge on any atom is -0.354 e. The Morgan fingerprint density at radius 2 is 2.17 bits per heavy atom. The minimum absolute atomic E-state index is 0.0194. The highest BCUT2D eigenvalue weighted by atomic mass is 35.5. The van der Waals surface area contributed by atoms with Crippen molar-refractivity contribution in [3.05, 3.63) is 34.9 Å². The van der Waals surface area contributed by atoms with Crippen LogP contribution in [0.2, 0.25) is 5.02 Å². The van der Waals surface area contributed by atoms with E-state index in [0.29, 0.717) is 29.6 Å². The lowest BCUT2D eigenvalue weighted by atomic mass is 9.97. The van der Waals surface area contributed by atoms with Gasteiger partial charge in [0.15, 0.2) is 0 Å². The number of piperidine rings is 1. The zero-order valence-electron chi connectivity index (χ0n) is 13.8. The standard InChI is InChI=1S/C18H24ClN3O2/c19-15-6-1-5-14(10-15)18(24)22-9-3-4-13(12-22)11-21-17(23)16-7-2-8-20-16/h1,5-6,10,13,16,20H,2-4,7-9,11-12H2,(H,21,23). The van der Waals surface area contributed by atoms with Crippen LogP contribution in [0.5, 0.6) is 0 Å². The number of likely N-dealkylation sites (tertiary alicyclic amines) is 1. The average molecular weight is 350 g/mol. The Morgan fingerprint density at radius 1 is 1.29 bits per heavy atom. The zero-order valence-corrected chi connectivity index (χ0v) is 14.5. The summed E-state index contributed by atoms with van der Waals surface area (Å²) in [7, 11) is 0. The van der Waals surface area contributed by atoms with Crippen LogP contribution in [-0.4, -0.2) is 48.9 Å². The highest BCUT2D eigenvalue weighted by Crippen LogP contribution is 2.20. The number of rotatable bonds is 4. The van der Waals surface area contributed by atoms with Crippen LogP contribution in [0.4, 0.5) is 0 Å². The summed E-state index contributed by atoms with van der Waals surface area (Å²) in [6.07, 6.45) is 3.98. The second-order valence-corrected chi connectivity index (χ2v) is 7.10. The predicted octanol–water partition coefficient (Wildman–Crippen LogP) is 2.06. The van der Waals surface area contributed by atoms with Crippen molar-refractivity contribution in [2.75, 3.05) is 26.2 Å². The van der Waals surface area contributed by atoms with Crippen molar-refractivity contribution in [2.24, 2.45) is 5.92 Å². The molecule has 2 unspecified atom stereocenters. The van der Waals surface area contributed by atoms with Gasteiger partial charge < -0.3 is 15.5 Å². The van der Waals surface area contributed by atoms with Crippen LogP contribution in [0.1, 0.15) is 36.0 Å². The van der Waals surface area contributed by atoms with Gasteiger partial charge in [-0.2, -0.15) is 0 Å². The molecule has 24 heavy (non-hydrogen) atoms. The first kappa shape index (κ1) is 17.2. The van der Waals surface area contributed by atoms with E-state index in [1.165, 1.54) is 0 Å². The summed E-state index contributed by atoms with van der Waals surface area (Å²) in [6, 6.07) is 7.03. The summed E-state index contributed by atoms with van der Waals surface area (Å²) in [5.41, 5.74) is 0.627. The number of amides is 2. The zero-order chi connectivity index (χ0) is 16.9. The molecule has 1 aromatic rings. The fourth-order valence-corrected chi connectivity index (χ4v) is 3.69. The summed E-state index contributed by atoms with van der Waals surface area (Å²) < 4.78 is 0. The van der Waals surface area contributed by atoms with E-state index < -0.39 is 0 Å². The molecule has 2 fully saturated rings. The molecule has 2 heterocycles. The summed E-state index contributed by atoms with van der Waals surface area (Å²) in [6.45, 7) is 3.00. The summed E-state index contributed by atoms with van der Waals surface area (Å²) in [5.74, 6) is 0.420.